The molecule has 1 aromatic rings. The van der Waals surface area contributed by atoms with Crippen molar-refractivity contribution in [3.8, 4) is 5.75 Å². The highest BCUT2D eigenvalue weighted by Gasteiger charge is 2.03. The number of hydrogen-bond acceptors (Lipinski definition) is 5. The van der Waals surface area contributed by atoms with Crippen molar-refractivity contribution >= 4 is 23.0 Å². The molecule has 0 aromatic carbocycles. The van der Waals surface area contributed by atoms with Crippen LogP contribution < -0.4 is 10.2 Å². The molecule has 0 atom stereocenters. The smallest absolute Gasteiger partial charge is 0.189 e. The van der Waals surface area contributed by atoms with Crippen LogP contribution in [-0.4, -0.2) is 55.1 Å². The molecule has 1 rings (SSSR count). The van der Waals surface area contributed by atoms with Gasteiger partial charge in [0.05, 0.1) is 18.0 Å². The highest BCUT2D eigenvalue weighted by atomic mass is 32.1. The van der Waals surface area contributed by atoms with Crippen LogP contribution >= 0.6 is 12.2 Å². The van der Waals surface area contributed by atoms with E-state index in [1.54, 1.807) is 24.3 Å². The first-order valence-electron chi connectivity index (χ1n) is 6.14. The van der Waals surface area contributed by atoms with E-state index in [2.05, 4.69) is 15.5 Å². The van der Waals surface area contributed by atoms with Crippen LogP contribution in [0.15, 0.2) is 23.4 Å². The van der Waals surface area contributed by atoms with Crippen molar-refractivity contribution in [2.24, 2.45) is 5.10 Å². The Kier molecular flexibility index (Phi) is 6.89. The van der Waals surface area contributed by atoms with Gasteiger partial charge in [0.25, 0.3) is 0 Å². The molecule has 0 aliphatic heterocycles. The summed E-state index contributed by atoms with van der Waals surface area (Å²) in [6, 6.07) is 3.62. The van der Waals surface area contributed by atoms with Crippen LogP contribution in [0.4, 0.5) is 0 Å². The molecule has 0 aliphatic rings. The van der Waals surface area contributed by atoms with Crippen LogP contribution in [0.1, 0.15) is 12.6 Å². The van der Waals surface area contributed by atoms with Crippen molar-refractivity contribution in [2.45, 2.75) is 6.92 Å². The molecule has 0 bridgehead atoms. The number of hydrogen-bond donors (Lipinski definition) is 1. The number of rotatable bonds is 6. The predicted molar refractivity (Wildman–Crippen MR) is 83.2 cm³/mol. The summed E-state index contributed by atoms with van der Waals surface area (Å²) >= 11 is 5.09. The molecule has 0 saturated heterocycles. The Labute approximate surface area is 124 Å². The minimum absolute atomic E-state index is 0.499. The molecular formula is C13H20N4O2S. The number of nitrogens with one attached hydrogen (secondary N) is 1. The molecule has 0 radical (unpaired) electrons. The van der Waals surface area contributed by atoms with Crippen molar-refractivity contribution in [1.82, 2.24) is 15.3 Å². The third-order valence-electron chi connectivity index (χ3n) is 2.38. The first-order chi connectivity index (χ1) is 9.54. The monoisotopic (exact) mass is 296 g/mol. The summed E-state index contributed by atoms with van der Waals surface area (Å²) in [5, 5.41) is 4.73. The summed E-state index contributed by atoms with van der Waals surface area (Å²) in [6.45, 7) is 2.90. The lowest BCUT2D eigenvalue weighted by molar-refractivity contribution is 0.146. The first kappa shape index (κ1) is 16.3. The average molecular weight is 296 g/mol. The SMILES string of the molecule is COCCOc1ccnc(/C(C)=N/NC(=S)N(C)C)c1. The maximum Gasteiger partial charge on any atom is 0.189 e. The average Bonchev–Trinajstić information content (AvgIpc) is 2.44. The maximum atomic E-state index is 5.53. The molecule has 0 amide bonds. The van der Waals surface area contributed by atoms with E-state index in [0.29, 0.717) is 18.3 Å². The molecule has 0 spiro atoms. The fourth-order valence-corrected chi connectivity index (χ4v) is 1.28. The highest BCUT2D eigenvalue weighted by Crippen LogP contribution is 2.11. The van der Waals surface area contributed by atoms with Crippen molar-refractivity contribution < 1.29 is 9.47 Å². The molecule has 20 heavy (non-hydrogen) atoms. The zero-order valence-corrected chi connectivity index (χ0v) is 13.0. The molecule has 1 N–H and O–H groups in total. The Morgan fingerprint density at radius 2 is 2.20 bits per heavy atom. The summed E-state index contributed by atoms with van der Waals surface area (Å²) in [6.07, 6.45) is 1.68. The van der Waals surface area contributed by atoms with Crippen LogP contribution in [0.2, 0.25) is 0 Å². The minimum atomic E-state index is 0.499. The van der Waals surface area contributed by atoms with Gasteiger partial charge in [0.1, 0.15) is 12.4 Å². The van der Waals surface area contributed by atoms with Crippen LogP contribution in [-0.2, 0) is 4.74 Å². The molecule has 6 nitrogen and oxygen atoms in total. The number of thiocarbonyl (C=S) groups is 1. The number of aromatic nitrogens is 1. The molecule has 110 valence electrons. The zero-order valence-electron chi connectivity index (χ0n) is 12.2. The zero-order chi connectivity index (χ0) is 15.0. The predicted octanol–water partition coefficient (Wildman–Crippen LogP) is 1.27. The fourth-order valence-electron chi connectivity index (χ4n) is 1.23. The van der Waals surface area contributed by atoms with E-state index in [1.165, 1.54) is 0 Å². The van der Waals surface area contributed by atoms with Crippen molar-refractivity contribution in [3.05, 3.63) is 24.0 Å². The number of pyridine rings is 1. The number of ether oxygens (including phenoxy) is 2. The second-order valence-corrected chi connectivity index (χ2v) is 4.61. The molecule has 0 aliphatic carbocycles. The Balaban J connectivity index is 2.68. The summed E-state index contributed by atoms with van der Waals surface area (Å²) in [5.74, 6) is 0.733. The van der Waals surface area contributed by atoms with Gasteiger partial charge in [-0.2, -0.15) is 5.10 Å². The molecule has 0 unspecified atom stereocenters. The number of methoxy groups -OCH3 is 1. The van der Waals surface area contributed by atoms with Gasteiger partial charge in [0.15, 0.2) is 5.11 Å². The van der Waals surface area contributed by atoms with E-state index in [4.69, 9.17) is 21.7 Å². The topological polar surface area (TPSA) is 59.0 Å². The minimum Gasteiger partial charge on any atom is -0.491 e. The van der Waals surface area contributed by atoms with E-state index < -0.39 is 0 Å². The maximum absolute atomic E-state index is 5.53. The quantitative estimate of drug-likeness (QED) is 0.369. The van der Waals surface area contributed by atoms with Gasteiger partial charge in [-0.25, -0.2) is 0 Å². The van der Waals surface area contributed by atoms with E-state index in [9.17, 15) is 0 Å². The van der Waals surface area contributed by atoms with Gasteiger partial charge in [0, 0.05) is 33.5 Å². The molecule has 1 aromatic heterocycles. The standard InChI is InChI=1S/C13H20N4O2S/c1-10(15-16-13(20)17(2)3)12-9-11(5-6-14-12)19-8-7-18-4/h5-6,9H,7-8H2,1-4H3,(H,16,20)/b15-10+. The van der Waals surface area contributed by atoms with Crippen LogP contribution in [0.3, 0.4) is 0 Å². The third-order valence-corrected chi connectivity index (χ3v) is 2.84. The van der Waals surface area contributed by atoms with Gasteiger partial charge in [0.2, 0.25) is 0 Å². The summed E-state index contributed by atoms with van der Waals surface area (Å²) in [5.41, 5.74) is 4.26. The van der Waals surface area contributed by atoms with Gasteiger partial charge in [-0.1, -0.05) is 0 Å². The lowest BCUT2D eigenvalue weighted by atomic mass is 10.2. The third kappa shape index (κ3) is 5.50. The second kappa shape index (κ2) is 8.44. The molecule has 7 heteroatoms. The highest BCUT2D eigenvalue weighted by molar-refractivity contribution is 7.80. The van der Waals surface area contributed by atoms with Crippen LogP contribution in [0.25, 0.3) is 0 Å². The molecule has 1 heterocycles. The first-order valence-corrected chi connectivity index (χ1v) is 6.55. The second-order valence-electron chi connectivity index (χ2n) is 4.23. The largest absolute Gasteiger partial charge is 0.491 e. The Bertz CT molecular complexity index is 477. The van der Waals surface area contributed by atoms with E-state index >= 15 is 0 Å². The lowest BCUT2D eigenvalue weighted by Crippen LogP contribution is -2.31. The number of hydrazone groups is 1. The fraction of sp³-hybridized carbons (Fsp3) is 0.462. The van der Waals surface area contributed by atoms with E-state index in [1.807, 2.05) is 27.1 Å². The van der Waals surface area contributed by atoms with Gasteiger partial charge in [-0.05, 0) is 25.2 Å². The lowest BCUT2D eigenvalue weighted by Gasteiger charge is -2.12. The van der Waals surface area contributed by atoms with Crippen molar-refractivity contribution in [3.63, 3.8) is 0 Å². The summed E-state index contributed by atoms with van der Waals surface area (Å²) in [4.78, 5) is 6.02. The molecule has 0 fully saturated rings. The summed E-state index contributed by atoms with van der Waals surface area (Å²) < 4.78 is 10.5. The normalized spacial score (nSPS) is 11.1. The summed E-state index contributed by atoms with van der Waals surface area (Å²) in [7, 11) is 5.34. The van der Waals surface area contributed by atoms with Crippen molar-refractivity contribution in [2.75, 3.05) is 34.4 Å². The van der Waals surface area contributed by atoms with Gasteiger partial charge >= 0.3 is 0 Å². The van der Waals surface area contributed by atoms with E-state index in [0.717, 1.165) is 17.2 Å². The Morgan fingerprint density at radius 1 is 1.45 bits per heavy atom. The van der Waals surface area contributed by atoms with Crippen LogP contribution in [0.5, 0.6) is 5.75 Å². The Hall–Kier alpha value is -1.73. The molecule has 0 saturated carbocycles. The number of nitrogens with zero attached hydrogens (tertiary/aromatic N) is 3. The van der Waals surface area contributed by atoms with E-state index in [-0.39, 0.29) is 0 Å². The van der Waals surface area contributed by atoms with Crippen LogP contribution in [0, 0.1) is 0 Å². The van der Waals surface area contributed by atoms with Gasteiger partial charge < -0.3 is 14.4 Å². The Morgan fingerprint density at radius 3 is 2.85 bits per heavy atom. The van der Waals surface area contributed by atoms with Gasteiger partial charge in [-0.15, -0.1) is 0 Å². The van der Waals surface area contributed by atoms with Crippen molar-refractivity contribution in [1.29, 1.82) is 0 Å². The molecular weight excluding hydrogens is 276 g/mol. The van der Waals surface area contributed by atoms with Gasteiger partial charge in [-0.3, -0.25) is 10.4 Å².